The number of likely N-dealkylation sites (tertiary alicyclic amines) is 2. The number of amides is 4. The highest BCUT2D eigenvalue weighted by atomic mass is 32.1. The average Bonchev–Trinajstić information content (AvgIpc) is 3.96. The fourth-order valence-electron chi connectivity index (χ4n) is 8.85. The molecule has 0 spiro atoms. The van der Waals surface area contributed by atoms with E-state index in [1.54, 1.807) is 41.1 Å². The topological polar surface area (TPSA) is 162 Å². The summed E-state index contributed by atoms with van der Waals surface area (Å²) in [5, 5.41) is 25.4. The number of nitriles is 1. The van der Waals surface area contributed by atoms with Gasteiger partial charge in [-0.15, -0.1) is 11.3 Å². The minimum Gasteiger partial charge on any atom is -0.391 e. The molecule has 1 aromatic heterocycles. The number of hydrogen-bond acceptors (Lipinski definition) is 10. The lowest BCUT2D eigenvalue weighted by Crippen LogP contribution is -2.58. The lowest BCUT2D eigenvalue weighted by atomic mass is 9.85. The highest BCUT2D eigenvalue weighted by Crippen LogP contribution is 2.42. The van der Waals surface area contributed by atoms with Crippen molar-refractivity contribution in [1.82, 2.24) is 25.4 Å². The molecule has 3 saturated heterocycles. The van der Waals surface area contributed by atoms with E-state index in [0.717, 1.165) is 38.7 Å². The van der Waals surface area contributed by atoms with Crippen LogP contribution in [0.4, 0.5) is 28.9 Å². The second-order valence-corrected chi connectivity index (χ2v) is 20.3. The second-order valence-electron chi connectivity index (χ2n) is 19.1. The molecule has 19 heteroatoms. The number of aliphatic hydroxyl groups is 1. The number of nitrogens with zero attached hydrogens (tertiary/aromatic N) is 6. The Bertz CT molecular complexity index is 2750. The first kappa shape index (κ1) is 50.6. The first-order chi connectivity index (χ1) is 32.5. The predicted molar refractivity (Wildman–Crippen MR) is 257 cm³/mol. The van der Waals surface area contributed by atoms with E-state index in [9.17, 15) is 42.7 Å². The molecule has 4 aromatic rings. The van der Waals surface area contributed by atoms with Gasteiger partial charge in [-0.05, 0) is 112 Å². The van der Waals surface area contributed by atoms with Crippen molar-refractivity contribution >= 4 is 63.7 Å². The number of carbonyl (C=O) groups excluding carboxylic acids is 4. The molecule has 3 aliphatic heterocycles. The number of hydrogen-bond donors (Lipinski definition) is 3. The third kappa shape index (κ3) is 10.8. The van der Waals surface area contributed by atoms with Gasteiger partial charge >= 0.3 is 6.18 Å². The van der Waals surface area contributed by atoms with E-state index >= 15 is 4.39 Å². The molecule has 0 aliphatic carbocycles. The van der Waals surface area contributed by atoms with E-state index in [2.05, 4.69) is 27.5 Å². The van der Waals surface area contributed by atoms with E-state index in [1.807, 2.05) is 56.9 Å². The Morgan fingerprint density at radius 2 is 1.70 bits per heavy atom. The molecule has 0 unspecified atom stereocenters. The average molecular weight is 985 g/mol. The van der Waals surface area contributed by atoms with E-state index in [1.165, 1.54) is 29.7 Å². The maximum atomic E-state index is 15.4. The van der Waals surface area contributed by atoms with Crippen molar-refractivity contribution in [3.8, 4) is 28.4 Å². The molecule has 0 bridgehead atoms. The Morgan fingerprint density at radius 3 is 2.29 bits per heavy atom. The van der Waals surface area contributed by atoms with Crippen LogP contribution in [0.5, 0.6) is 0 Å². The summed E-state index contributed by atoms with van der Waals surface area (Å²) in [7, 11) is 0. The van der Waals surface area contributed by atoms with Gasteiger partial charge in [0.25, 0.3) is 5.91 Å². The lowest BCUT2D eigenvalue weighted by molar-refractivity contribution is -0.144. The summed E-state index contributed by atoms with van der Waals surface area (Å²) in [5.41, 5.74) is 0.196. The Labute approximate surface area is 407 Å². The van der Waals surface area contributed by atoms with Crippen LogP contribution in [0.3, 0.4) is 0 Å². The zero-order chi connectivity index (χ0) is 50.2. The zero-order valence-corrected chi connectivity index (χ0v) is 40.5. The summed E-state index contributed by atoms with van der Waals surface area (Å²) >= 11 is 7.11. The van der Waals surface area contributed by atoms with E-state index < -0.39 is 69.8 Å². The largest absolute Gasteiger partial charge is 0.420 e. The molecule has 3 fully saturated rings. The molecule has 362 valence electrons. The summed E-state index contributed by atoms with van der Waals surface area (Å²) in [6, 6.07) is 15.8. The minimum absolute atomic E-state index is 0.0187. The first-order valence-electron chi connectivity index (χ1n) is 22.4. The van der Waals surface area contributed by atoms with Crippen molar-refractivity contribution in [2.24, 2.45) is 11.3 Å². The monoisotopic (exact) mass is 984 g/mol. The van der Waals surface area contributed by atoms with Crippen LogP contribution in [-0.2, 0) is 31.9 Å². The summed E-state index contributed by atoms with van der Waals surface area (Å²) in [4.78, 5) is 65.7. The number of thiazole rings is 1. The molecule has 0 saturated carbocycles. The molecule has 3 atom stereocenters. The van der Waals surface area contributed by atoms with Crippen LogP contribution < -0.4 is 20.4 Å². The number of alkyl halides is 3. The van der Waals surface area contributed by atoms with Gasteiger partial charge in [0.2, 0.25) is 17.7 Å². The number of halogens is 4. The molecule has 13 nitrogen and oxygen atoms in total. The number of benzene rings is 3. The third-order valence-corrected chi connectivity index (χ3v) is 14.0. The van der Waals surface area contributed by atoms with Gasteiger partial charge in [-0.3, -0.25) is 29.0 Å². The van der Waals surface area contributed by atoms with Crippen LogP contribution in [0.2, 0.25) is 0 Å². The van der Waals surface area contributed by atoms with Crippen LogP contribution in [0.1, 0.15) is 81.8 Å². The van der Waals surface area contributed by atoms with Gasteiger partial charge in [-0.2, -0.15) is 18.4 Å². The van der Waals surface area contributed by atoms with Gasteiger partial charge in [0.05, 0.1) is 46.1 Å². The zero-order valence-electron chi connectivity index (χ0n) is 38.9. The number of β-amino-alcohol motifs (C(OH)–C–C–N with tert-alkyl or cyclic N) is 1. The van der Waals surface area contributed by atoms with E-state index in [-0.39, 0.29) is 48.9 Å². The Balaban J connectivity index is 0.920. The van der Waals surface area contributed by atoms with Crippen LogP contribution >= 0.6 is 23.6 Å². The molecule has 3 N–H and O–H groups in total. The summed E-state index contributed by atoms with van der Waals surface area (Å²) in [6.07, 6.45) is -4.66. The number of piperidine rings is 1. The predicted octanol–water partition coefficient (Wildman–Crippen LogP) is 6.94. The molecule has 0 radical (unpaired) electrons. The Kier molecular flexibility index (Phi) is 14.7. The van der Waals surface area contributed by atoms with Gasteiger partial charge in [0.1, 0.15) is 23.2 Å². The Morgan fingerprint density at radius 1 is 1.03 bits per heavy atom. The molecule has 4 amide bonds. The van der Waals surface area contributed by atoms with Crippen molar-refractivity contribution in [2.45, 2.75) is 97.3 Å². The third-order valence-electron chi connectivity index (χ3n) is 12.6. The highest BCUT2D eigenvalue weighted by Gasteiger charge is 2.52. The SMILES string of the molecule is Cc1ncsc1-c1ccc(CNC(=O)[C@@H]2C[C@@H](O)CN2C(=O)[C@@H](NC(=O)CN2CCC(C#Cc3ccc(N4C(=S)N(c5ccc(C#N)c(C(F)(F)F)c5F)C(=O)C4(C)C)cc3)CC2)C(C)(C)C)cc1. The van der Waals surface area contributed by atoms with Gasteiger partial charge < -0.3 is 25.5 Å². The lowest BCUT2D eigenvalue weighted by Gasteiger charge is -2.36. The number of aryl methyl sites for hydroxylation is 1. The summed E-state index contributed by atoms with van der Waals surface area (Å²) in [5.74, 6) is 2.79. The van der Waals surface area contributed by atoms with Crippen LogP contribution in [-0.4, -0.2) is 98.5 Å². The van der Waals surface area contributed by atoms with Crippen molar-refractivity contribution < 1.29 is 41.8 Å². The highest BCUT2D eigenvalue weighted by molar-refractivity contribution is 7.81. The number of carbonyl (C=O) groups is 4. The number of aliphatic hydroxyl groups excluding tert-OH is 1. The molecule has 69 heavy (non-hydrogen) atoms. The maximum Gasteiger partial charge on any atom is 0.420 e. The van der Waals surface area contributed by atoms with Gasteiger partial charge in [0, 0.05) is 36.7 Å². The summed E-state index contributed by atoms with van der Waals surface area (Å²) in [6.45, 7) is 11.9. The fraction of sp³-hybridized carbons (Fsp3) is 0.420. The van der Waals surface area contributed by atoms with Crippen molar-refractivity contribution in [3.63, 3.8) is 0 Å². The van der Waals surface area contributed by atoms with Crippen LogP contribution in [0.15, 0.2) is 66.2 Å². The molecule has 4 heterocycles. The fourth-order valence-corrected chi connectivity index (χ4v) is 10.2. The number of anilines is 2. The van der Waals surface area contributed by atoms with Crippen LogP contribution in [0.25, 0.3) is 10.4 Å². The van der Waals surface area contributed by atoms with E-state index in [4.69, 9.17) is 12.2 Å². The quantitative estimate of drug-likeness (QED) is 0.0863. The molecule has 7 rings (SSSR count). The van der Waals surface area contributed by atoms with Gasteiger partial charge in [-0.1, -0.05) is 56.9 Å². The van der Waals surface area contributed by atoms with Crippen molar-refractivity contribution in [3.05, 3.63) is 99.9 Å². The summed E-state index contributed by atoms with van der Waals surface area (Å²) < 4.78 is 56.8. The van der Waals surface area contributed by atoms with Crippen LogP contribution in [0, 0.1) is 47.2 Å². The molecule has 3 aromatic carbocycles. The number of nitrogens with one attached hydrogen (secondary N) is 2. The van der Waals surface area contributed by atoms with Crippen molar-refractivity contribution in [2.75, 3.05) is 36.0 Å². The number of aromatic nitrogens is 1. The Hall–Kier alpha value is -6.25. The minimum atomic E-state index is -5.19. The van der Waals surface area contributed by atoms with Crippen molar-refractivity contribution in [1.29, 1.82) is 5.26 Å². The smallest absolute Gasteiger partial charge is 0.391 e. The number of thiocarbonyl (C=S) groups is 1. The van der Waals surface area contributed by atoms with Gasteiger partial charge in [0.15, 0.2) is 10.9 Å². The van der Waals surface area contributed by atoms with Gasteiger partial charge in [-0.25, -0.2) is 9.37 Å². The standard InChI is InChI=1S/C50H52F4N8O5S2/c1-29-42(69-28-57-29)33-13-9-32(10-14-33)25-56-44(65)38-23-36(63)26-60(38)45(66)43(48(2,3)4)58-39(64)27-59-21-19-31(20-22-59)8-7-30-11-16-35(17-12-30)62-47(68)61(46(67)49(62,5)6)37-18-15-34(24-55)40(41(37)51)50(52,53)54/h9-18,28,31,36,38,43,63H,19-23,25-27H2,1-6H3,(H,56,65)(H,58,64)/t36-,38+,43-/m1/s1. The molecular weight excluding hydrogens is 933 g/mol. The second kappa shape index (κ2) is 20.0. The first-order valence-corrected chi connectivity index (χ1v) is 23.7. The molecular formula is C50H52F4N8O5S2. The number of rotatable bonds is 10. The molecule has 3 aliphatic rings. The van der Waals surface area contributed by atoms with E-state index in [0.29, 0.717) is 37.2 Å². The maximum absolute atomic E-state index is 15.4. The normalized spacial score (nSPS) is 19.2.